The predicted molar refractivity (Wildman–Crippen MR) is 98.7 cm³/mol. The van der Waals surface area contributed by atoms with Gasteiger partial charge in [-0.1, -0.05) is 36.5 Å². The Hall–Kier alpha value is -2.91. The lowest BCUT2D eigenvalue weighted by atomic mass is 10.1. The monoisotopic (exact) mass is 356 g/mol. The van der Waals surface area contributed by atoms with Gasteiger partial charge in [0.05, 0.1) is 12.2 Å². The maximum Gasteiger partial charge on any atom is 0.161 e. The molecule has 25 heavy (non-hydrogen) atoms. The van der Waals surface area contributed by atoms with Gasteiger partial charge in [0.25, 0.3) is 0 Å². The molecule has 0 spiro atoms. The van der Waals surface area contributed by atoms with Crippen LogP contribution >= 0.6 is 12.2 Å². The Bertz CT molecular complexity index is 844. The second kappa shape index (κ2) is 8.81. The smallest absolute Gasteiger partial charge is 0.161 e. The fourth-order valence-corrected chi connectivity index (χ4v) is 2.20. The molecule has 2 aromatic carbocycles. The van der Waals surface area contributed by atoms with E-state index in [1.165, 1.54) is 6.07 Å². The first-order valence-corrected chi connectivity index (χ1v) is 8.00. The molecule has 0 saturated carbocycles. The van der Waals surface area contributed by atoms with Gasteiger partial charge in [0.2, 0.25) is 0 Å². The lowest BCUT2D eigenvalue weighted by Gasteiger charge is -2.13. The highest BCUT2D eigenvalue weighted by Crippen LogP contribution is 2.30. The summed E-state index contributed by atoms with van der Waals surface area (Å²) in [5.41, 5.74) is 6.86. The molecule has 0 unspecified atom stereocenters. The lowest BCUT2D eigenvalue weighted by molar-refractivity contribution is 0.266. The summed E-state index contributed by atoms with van der Waals surface area (Å²) in [5, 5.41) is 9.04. The van der Waals surface area contributed by atoms with Gasteiger partial charge in [-0.2, -0.15) is 5.26 Å². The van der Waals surface area contributed by atoms with Crippen LogP contribution in [0.2, 0.25) is 0 Å². The second-order valence-corrected chi connectivity index (χ2v) is 5.49. The number of nitriles is 1. The average molecular weight is 356 g/mol. The number of hydrogen-bond acceptors (Lipinski definition) is 4. The van der Waals surface area contributed by atoms with Gasteiger partial charge in [-0.15, -0.1) is 0 Å². The fraction of sp³-hybridized carbons (Fsp3) is 0.158. The molecule has 0 aliphatic rings. The van der Waals surface area contributed by atoms with Crippen molar-refractivity contribution in [3.8, 4) is 17.6 Å². The van der Waals surface area contributed by atoms with Crippen molar-refractivity contribution in [1.29, 1.82) is 5.26 Å². The molecule has 2 N–H and O–H groups in total. The Kier molecular flexibility index (Phi) is 6.49. The van der Waals surface area contributed by atoms with Gasteiger partial charge in [0.15, 0.2) is 11.5 Å². The molecule has 4 nitrogen and oxygen atoms in total. The van der Waals surface area contributed by atoms with Gasteiger partial charge in [-0.3, -0.25) is 0 Å². The third-order valence-electron chi connectivity index (χ3n) is 3.31. The van der Waals surface area contributed by atoms with Crippen LogP contribution in [0.3, 0.4) is 0 Å². The van der Waals surface area contributed by atoms with E-state index in [0.717, 1.165) is 0 Å². The first-order valence-electron chi connectivity index (χ1n) is 7.59. The largest absolute Gasteiger partial charge is 0.490 e. The van der Waals surface area contributed by atoms with Gasteiger partial charge in [-0.05, 0) is 36.8 Å². The minimum atomic E-state index is -0.324. The van der Waals surface area contributed by atoms with E-state index in [0.29, 0.717) is 29.2 Å². The molecule has 0 amide bonds. The number of nitrogens with two attached hydrogens (primary N) is 1. The summed E-state index contributed by atoms with van der Waals surface area (Å²) in [4.78, 5) is 0.0281. The van der Waals surface area contributed by atoms with Crippen LogP contribution in [0.15, 0.2) is 48.0 Å². The zero-order valence-electron chi connectivity index (χ0n) is 13.7. The van der Waals surface area contributed by atoms with Crippen molar-refractivity contribution in [2.24, 2.45) is 5.73 Å². The molecule has 0 aromatic heterocycles. The Balaban J connectivity index is 2.26. The summed E-state index contributed by atoms with van der Waals surface area (Å²) >= 11 is 4.83. The molecule has 2 aromatic rings. The molecular formula is C19H17FN2O2S. The first-order chi connectivity index (χ1) is 12.0. The highest BCUT2D eigenvalue weighted by molar-refractivity contribution is 7.80. The van der Waals surface area contributed by atoms with Crippen molar-refractivity contribution >= 4 is 23.3 Å². The quantitative estimate of drug-likeness (QED) is 0.461. The van der Waals surface area contributed by atoms with Gasteiger partial charge in [0.1, 0.15) is 23.5 Å². The molecule has 0 aliphatic heterocycles. The van der Waals surface area contributed by atoms with Crippen molar-refractivity contribution in [2.45, 2.75) is 13.5 Å². The molecule has 0 fully saturated rings. The van der Waals surface area contributed by atoms with E-state index in [1.54, 1.807) is 42.5 Å². The Labute approximate surface area is 151 Å². The van der Waals surface area contributed by atoms with Gasteiger partial charge < -0.3 is 15.2 Å². The minimum absolute atomic E-state index is 0.0281. The topological polar surface area (TPSA) is 68.3 Å². The minimum Gasteiger partial charge on any atom is -0.490 e. The van der Waals surface area contributed by atoms with Crippen LogP contribution in [0.5, 0.6) is 11.5 Å². The van der Waals surface area contributed by atoms with Crippen molar-refractivity contribution in [2.75, 3.05) is 6.61 Å². The van der Waals surface area contributed by atoms with E-state index in [9.17, 15) is 4.39 Å². The number of thiocarbonyl (C=S) groups is 1. The SMILES string of the molecule is CCOc1cc(/C=C(\C#N)C(N)=S)ccc1OCc1ccccc1F. The van der Waals surface area contributed by atoms with Crippen molar-refractivity contribution in [1.82, 2.24) is 0 Å². The van der Waals surface area contributed by atoms with Crippen molar-refractivity contribution < 1.29 is 13.9 Å². The molecule has 0 radical (unpaired) electrons. The lowest BCUT2D eigenvalue weighted by Crippen LogP contribution is -2.09. The molecular weight excluding hydrogens is 339 g/mol. The fourth-order valence-electron chi connectivity index (χ4n) is 2.10. The van der Waals surface area contributed by atoms with Gasteiger partial charge in [-0.25, -0.2) is 4.39 Å². The molecule has 0 saturated heterocycles. The van der Waals surface area contributed by atoms with Crippen LogP contribution in [0.25, 0.3) is 6.08 Å². The standard InChI is InChI=1S/C19H17FN2O2S/c1-2-23-18-10-13(9-15(11-21)19(22)25)7-8-17(18)24-12-14-5-3-4-6-16(14)20/h3-10H,2,12H2,1H3,(H2,22,25)/b15-9+. The van der Waals surface area contributed by atoms with Crippen LogP contribution in [-0.2, 0) is 6.61 Å². The molecule has 0 aliphatic carbocycles. The van der Waals surface area contributed by atoms with Crippen LogP contribution in [0.1, 0.15) is 18.1 Å². The summed E-state index contributed by atoms with van der Waals surface area (Å²) < 4.78 is 25.0. The van der Waals surface area contributed by atoms with Gasteiger partial charge >= 0.3 is 0 Å². The van der Waals surface area contributed by atoms with E-state index in [1.807, 2.05) is 13.0 Å². The molecule has 0 atom stereocenters. The summed E-state index contributed by atoms with van der Waals surface area (Å²) in [6.45, 7) is 2.36. The second-order valence-electron chi connectivity index (χ2n) is 5.05. The van der Waals surface area contributed by atoms with Crippen LogP contribution < -0.4 is 15.2 Å². The number of hydrogen-bond donors (Lipinski definition) is 1. The van der Waals surface area contributed by atoms with Gasteiger partial charge in [0, 0.05) is 5.56 Å². The van der Waals surface area contributed by atoms with E-state index in [2.05, 4.69) is 0 Å². The van der Waals surface area contributed by atoms with Crippen LogP contribution in [0, 0.1) is 17.1 Å². The van der Waals surface area contributed by atoms with Crippen LogP contribution in [-0.4, -0.2) is 11.6 Å². The Morgan fingerprint density at radius 2 is 2.00 bits per heavy atom. The molecule has 6 heteroatoms. The van der Waals surface area contributed by atoms with Crippen LogP contribution in [0.4, 0.5) is 4.39 Å². The van der Waals surface area contributed by atoms with E-state index in [-0.39, 0.29) is 23.0 Å². The predicted octanol–water partition coefficient (Wildman–Crippen LogP) is 4.00. The summed E-state index contributed by atoms with van der Waals surface area (Å²) in [6.07, 6.45) is 1.57. The number of rotatable bonds is 7. The average Bonchev–Trinajstić information content (AvgIpc) is 2.60. The summed E-state index contributed by atoms with van der Waals surface area (Å²) in [6, 6.07) is 13.5. The van der Waals surface area contributed by atoms with E-state index >= 15 is 0 Å². The zero-order valence-corrected chi connectivity index (χ0v) is 14.5. The molecule has 0 heterocycles. The molecule has 0 bridgehead atoms. The highest BCUT2D eigenvalue weighted by Gasteiger charge is 2.09. The summed E-state index contributed by atoms with van der Waals surface area (Å²) in [7, 11) is 0. The normalized spacial score (nSPS) is 10.8. The number of halogens is 1. The number of benzene rings is 2. The first kappa shape index (κ1) is 18.4. The maximum atomic E-state index is 13.7. The van der Waals surface area contributed by atoms with Crippen molar-refractivity contribution in [3.05, 3.63) is 65.0 Å². The number of ether oxygens (including phenoxy) is 2. The maximum absolute atomic E-state index is 13.7. The zero-order chi connectivity index (χ0) is 18.2. The van der Waals surface area contributed by atoms with E-state index < -0.39 is 0 Å². The summed E-state index contributed by atoms with van der Waals surface area (Å²) in [5.74, 6) is 0.652. The Morgan fingerprint density at radius 1 is 1.24 bits per heavy atom. The molecule has 2 rings (SSSR count). The Morgan fingerprint density at radius 3 is 2.64 bits per heavy atom. The number of nitrogens with zero attached hydrogens (tertiary/aromatic N) is 1. The molecule has 128 valence electrons. The third kappa shape index (κ3) is 5.03. The van der Waals surface area contributed by atoms with Crippen molar-refractivity contribution in [3.63, 3.8) is 0 Å². The van der Waals surface area contributed by atoms with E-state index in [4.69, 9.17) is 32.7 Å². The highest BCUT2D eigenvalue weighted by atomic mass is 32.1. The third-order valence-corrected chi connectivity index (χ3v) is 3.53.